The van der Waals surface area contributed by atoms with Crippen molar-refractivity contribution >= 4 is 33.6 Å². The van der Waals surface area contributed by atoms with E-state index in [1.54, 1.807) is 0 Å². The zero-order chi connectivity index (χ0) is 42.7. The molecule has 1 aliphatic carbocycles. The van der Waals surface area contributed by atoms with Crippen molar-refractivity contribution in [3.63, 3.8) is 0 Å². The molecule has 3 aliphatic heterocycles. The van der Waals surface area contributed by atoms with Gasteiger partial charge in [-0.05, 0) is 109 Å². The highest BCUT2D eigenvalue weighted by Crippen LogP contribution is 2.35. The van der Waals surface area contributed by atoms with Gasteiger partial charge in [0.2, 0.25) is 5.91 Å². The van der Waals surface area contributed by atoms with Crippen LogP contribution < -0.4 is 9.47 Å². The van der Waals surface area contributed by atoms with Crippen molar-refractivity contribution in [3.05, 3.63) is 121 Å². The van der Waals surface area contributed by atoms with Gasteiger partial charge in [0.1, 0.15) is 29.8 Å². The maximum absolute atomic E-state index is 12.6. The number of aromatic nitrogens is 2. The number of rotatable bonds is 8. The van der Waals surface area contributed by atoms with Gasteiger partial charge in [0.25, 0.3) is 5.91 Å². The molecule has 1 saturated carbocycles. The summed E-state index contributed by atoms with van der Waals surface area (Å²) in [6.45, 7) is 12.4. The lowest BCUT2D eigenvalue weighted by Gasteiger charge is -2.37. The average molecular weight is 831 g/mol. The van der Waals surface area contributed by atoms with Crippen LogP contribution >= 0.6 is 0 Å². The number of aryl methyl sites for hydroxylation is 2. The normalized spacial score (nSPS) is 22.5. The first-order valence-electron chi connectivity index (χ1n) is 22.6. The second-order valence-corrected chi connectivity index (χ2v) is 17.9. The molecule has 2 amide bonds. The van der Waals surface area contributed by atoms with E-state index in [1.807, 2.05) is 46.5 Å². The van der Waals surface area contributed by atoms with Gasteiger partial charge in [0, 0.05) is 86.5 Å². The highest BCUT2D eigenvalue weighted by Gasteiger charge is 2.38. The molecule has 5 heterocycles. The molecule has 5 atom stereocenters. The van der Waals surface area contributed by atoms with Gasteiger partial charge in [0.05, 0.1) is 11.0 Å². The third-order valence-electron chi connectivity index (χ3n) is 13.4. The van der Waals surface area contributed by atoms with Crippen LogP contribution in [0, 0.1) is 31.6 Å². The van der Waals surface area contributed by atoms with Crippen LogP contribution in [0.25, 0.3) is 44.1 Å². The monoisotopic (exact) mass is 830 g/mol. The minimum Gasteiger partial charge on any atom is -0.490 e. The fourth-order valence-electron chi connectivity index (χ4n) is 9.55. The Balaban J connectivity index is 0.000000158. The molecule has 4 aliphatic rings. The number of benzene rings is 4. The van der Waals surface area contributed by atoms with Gasteiger partial charge < -0.3 is 24.0 Å². The number of ether oxygens (including phenoxy) is 3. The maximum atomic E-state index is 12.6. The lowest BCUT2D eigenvalue weighted by Crippen LogP contribution is -2.49. The number of carbonyl (C=O) groups is 2. The highest BCUT2D eigenvalue weighted by atomic mass is 16.5. The molecule has 6 aromatic rings. The van der Waals surface area contributed by atoms with Crippen LogP contribution in [0.5, 0.6) is 11.5 Å². The Hall–Kier alpha value is -5.80. The molecule has 62 heavy (non-hydrogen) atoms. The molecule has 0 radical (unpaired) electrons. The number of hydrogen-bond donors (Lipinski definition) is 0. The molecule has 4 aromatic carbocycles. The molecular formula is C53H58N4O5. The summed E-state index contributed by atoms with van der Waals surface area (Å²) >= 11 is 0. The minimum absolute atomic E-state index is 0.112. The number of piperidine rings is 2. The summed E-state index contributed by atoms with van der Waals surface area (Å²) in [6, 6.07) is 33.4. The summed E-state index contributed by atoms with van der Waals surface area (Å²) < 4.78 is 18.2. The zero-order valence-corrected chi connectivity index (χ0v) is 36.5. The Morgan fingerprint density at radius 3 is 1.52 bits per heavy atom. The number of amides is 2. The van der Waals surface area contributed by atoms with Crippen LogP contribution in [0.15, 0.2) is 109 Å². The molecule has 9 heteroatoms. The molecule has 2 aromatic heterocycles. The van der Waals surface area contributed by atoms with Gasteiger partial charge in [-0.15, -0.1) is 0 Å². The van der Waals surface area contributed by atoms with E-state index in [1.165, 1.54) is 33.2 Å². The first kappa shape index (κ1) is 41.5. The number of fused-ring (bicyclic) bond motifs is 2. The molecule has 0 spiro atoms. The number of carbonyl (C=O) groups excluding carboxylic acids is 2. The van der Waals surface area contributed by atoms with Crippen LogP contribution in [0.4, 0.5) is 0 Å². The quantitative estimate of drug-likeness (QED) is 0.151. The largest absolute Gasteiger partial charge is 0.490 e. The second kappa shape index (κ2) is 18.3. The molecule has 9 nitrogen and oxygen atoms in total. The van der Waals surface area contributed by atoms with E-state index in [4.69, 9.17) is 14.2 Å². The van der Waals surface area contributed by atoms with Gasteiger partial charge in [-0.3, -0.25) is 19.6 Å². The first-order valence-corrected chi connectivity index (χ1v) is 22.6. The van der Waals surface area contributed by atoms with Gasteiger partial charge in [-0.1, -0.05) is 74.5 Å². The van der Waals surface area contributed by atoms with Crippen LogP contribution in [0.2, 0.25) is 0 Å². The van der Waals surface area contributed by atoms with Crippen molar-refractivity contribution in [1.82, 2.24) is 19.8 Å². The fraction of sp³-hybridized carbons (Fsp3) is 0.396. The van der Waals surface area contributed by atoms with Crippen molar-refractivity contribution in [2.24, 2.45) is 17.8 Å². The Labute approximate surface area is 365 Å². The second-order valence-electron chi connectivity index (χ2n) is 17.9. The molecule has 3 saturated heterocycles. The highest BCUT2D eigenvalue weighted by molar-refractivity contribution is 5.89. The molecule has 0 N–H and O–H groups in total. The summed E-state index contributed by atoms with van der Waals surface area (Å²) in [5.74, 6) is 3.20. The van der Waals surface area contributed by atoms with E-state index in [-0.39, 0.29) is 30.1 Å². The van der Waals surface area contributed by atoms with Crippen molar-refractivity contribution in [1.29, 1.82) is 0 Å². The summed E-state index contributed by atoms with van der Waals surface area (Å²) in [6.07, 6.45) is 9.45. The molecular weight excluding hydrogens is 773 g/mol. The number of likely N-dealkylation sites (tertiary alicyclic amines) is 2. The summed E-state index contributed by atoms with van der Waals surface area (Å²) in [5, 5.41) is 2.33. The molecule has 5 unspecified atom stereocenters. The standard InChI is InChI=1S/C27H30N2O3.C26H28N2O2/c1-18-17-29(27(30)25-6-4-16-31-25)15-13-24(18)32-22-10-7-20(8-11-22)23-12-9-21-5-3-14-28-26(21)19(23)2;1-17-16-28(26(29)21-5-6-21)15-13-24(17)30-22-10-7-19(8-11-22)23-12-9-20-4-3-14-27-25(20)18(23)2/h3,5,7-12,14,18,24-25H,4,6,13,15-17H2,1-2H3;3-4,7-12,14,17,21,24H,5-6,13,15-16H2,1-2H3. The summed E-state index contributed by atoms with van der Waals surface area (Å²) in [5.41, 5.74) is 9.21. The maximum Gasteiger partial charge on any atom is 0.251 e. The van der Waals surface area contributed by atoms with E-state index in [2.05, 4.69) is 110 Å². The topological polar surface area (TPSA) is 94.1 Å². The van der Waals surface area contributed by atoms with E-state index in [9.17, 15) is 9.59 Å². The molecule has 10 rings (SSSR count). The van der Waals surface area contributed by atoms with E-state index >= 15 is 0 Å². The molecule has 4 fully saturated rings. The SMILES string of the molecule is Cc1c(-c2ccc(OC3CCN(C(=O)C4CC4)CC3C)cc2)ccc2cccnc12.Cc1c(-c2ccc(OC3CCN(C(=O)C4CCCO4)CC3C)cc2)ccc2cccnc12. The first-order chi connectivity index (χ1) is 30.2. The smallest absolute Gasteiger partial charge is 0.251 e. The number of pyridine rings is 2. The van der Waals surface area contributed by atoms with E-state index < -0.39 is 0 Å². The van der Waals surface area contributed by atoms with Crippen molar-refractivity contribution in [3.8, 4) is 33.8 Å². The van der Waals surface area contributed by atoms with Crippen LogP contribution in [-0.2, 0) is 14.3 Å². The Morgan fingerprint density at radius 2 is 1.08 bits per heavy atom. The summed E-state index contributed by atoms with van der Waals surface area (Å²) in [4.78, 5) is 38.1. The third kappa shape index (κ3) is 9.05. The molecule has 320 valence electrons. The van der Waals surface area contributed by atoms with E-state index in [0.717, 1.165) is 98.2 Å². The average Bonchev–Trinajstić information content (AvgIpc) is 4.01. The van der Waals surface area contributed by atoms with Gasteiger partial charge >= 0.3 is 0 Å². The Bertz CT molecular complexity index is 2530. The predicted octanol–water partition coefficient (Wildman–Crippen LogP) is 10.2. The number of nitrogens with zero attached hydrogens (tertiary/aromatic N) is 4. The van der Waals surface area contributed by atoms with Crippen LogP contribution in [-0.4, -0.2) is 82.7 Å². The van der Waals surface area contributed by atoms with Crippen molar-refractivity contribution in [2.45, 2.75) is 84.5 Å². The van der Waals surface area contributed by atoms with Gasteiger partial charge in [0.15, 0.2) is 0 Å². The predicted molar refractivity (Wildman–Crippen MR) is 245 cm³/mol. The summed E-state index contributed by atoms with van der Waals surface area (Å²) in [7, 11) is 0. The zero-order valence-electron chi connectivity index (χ0n) is 36.5. The van der Waals surface area contributed by atoms with Gasteiger partial charge in [-0.2, -0.15) is 0 Å². The number of hydrogen-bond acceptors (Lipinski definition) is 7. The van der Waals surface area contributed by atoms with Crippen LogP contribution in [0.3, 0.4) is 0 Å². The molecule has 0 bridgehead atoms. The fourth-order valence-corrected chi connectivity index (χ4v) is 9.55. The van der Waals surface area contributed by atoms with Crippen molar-refractivity contribution < 1.29 is 23.8 Å². The Kier molecular flexibility index (Phi) is 12.2. The minimum atomic E-state index is -0.235. The third-order valence-corrected chi connectivity index (χ3v) is 13.4. The van der Waals surface area contributed by atoms with Crippen LogP contribution in [0.1, 0.15) is 63.5 Å². The van der Waals surface area contributed by atoms with E-state index in [0.29, 0.717) is 24.3 Å². The Morgan fingerprint density at radius 1 is 0.597 bits per heavy atom. The lowest BCUT2D eigenvalue weighted by molar-refractivity contribution is -0.144. The lowest BCUT2D eigenvalue weighted by atomic mass is 9.95. The van der Waals surface area contributed by atoms with Crippen molar-refractivity contribution in [2.75, 3.05) is 32.8 Å². The van der Waals surface area contributed by atoms with Gasteiger partial charge in [-0.25, -0.2) is 0 Å².